The molecule has 1 aromatic carbocycles. The minimum absolute atomic E-state index is 0.0628. The van der Waals surface area contributed by atoms with Crippen molar-refractivity contribution in [3.8, 4) is 0 Å². The lowest BCUT2D eigenvalue weighted by molar-refractivity contribution is 0.0948. The summed E-state index contributed by atoms with van der Waals surface area (Å²) in [5.74, 6) is -0.0628. The van der Waals surface area contributed by atoms with Gasteiger partial charge in [-0.15, -0.1) is 11.3 Å². The molecule has 112 valence electrons. The summed E-state index contributed by atoms with van der Waals surface area (Å²) in [7, 11) is 0. The Kier molecular flexibility index (Phi) is 3.84. The Balaban J connectivity index is 1.77. The van der Waals surface area contributed by atoms with Gasteiger partial charge in [-0.2, -0.15) is 0 Å². The molecule has 0 bridgehead atoms. The van der Waals surface area contributed by atoms with Gasteiger partial charge in [-0.05, 0) is 42.9 Å². The van der Waals surface area contributed by atoms with Gasteiger partial charge < -0.3 is 11.1 Å². The van der Waals surface area contributed by atoms with E-state index in [4.69, 9.17) is 17.3 Å². The fourth-order valence-corrected chi connectivity index (χ4v) is 4.02. The van der Waals surface area contributed by atoms with Crippen LogP contribution in [0.25, 0.3) is 10.1 Å². The number of amides is 1. The van der Waals surface area contributed by atoms with E-state index in [9.17, 15) is 4.79 Å². The van der Waals surface area contributed by atoms with Crippen LogP contribution in [-0.4, -0.2) is 12.5 Å². The smallest absolute Gasteiger partial charge is 0.263 e. The zero-order chi connectivity index (χ0) is 15.0. The molecule has 21 heavy (non-hydrogen) atoms. The van der Waals surface area contributed by atoms with Crippen LogP contribution < -0.4 is 11.1 Å². The average molecular weight is 323 g/mol. The number of nitrogens with two attached hydrogens (primary N) is 1. The number of halogens is 1. The number of fused-ring (bicyclic) bond motifs is 1. The zero-order valence-electron chi connectivity index (χ0n) is 12.0. The highest BCUT2D eigenvalue weighted by Gasteiger charge is 2.41. The van der Waals surface area contributed by atoms with E-state index < -0.39 is 0 Å². The number of thiophene rings is 1. The van der Waals surface area contributed by atoms with Crippen molar-refractivity contribution in [2.24, 2.45) is 5.41 Å². The van der Waals surface area contributed by atoms with Crippen LogP contribution in [0.15, 0.2) is 18.2 Å². The Morgan fingerprint density at radius 3 is 2.90 bits per heavy atom. The number of nitrogens with one attached hydrogen (secondary N) is 1. The number of hydrogen-bond acceptors (Lipinski definition) is 3. The van der Waals surface area contributed by atoms with Gasteiger partial charge in [-0.1, -0.05) is 24.9 Å². The maximum Gasteiger partial charge on any atom is 0.263 e. The summed E-state index contributed by atoms with van der Waals surface area (Å²) in [4.78, 5) is 13.0. The number of benzene rings is 1. The van der Waals surface area contributed by atoms with Gasteiger partial charge >= 0.3 is 0 Å². The highest BCUT2D eigenvalue weighted by atomic mass is 35.5. The lowest BCUT2D eigenvalue weighted by atomic mass is 10.0. The van der Waals surface area contributed by atoms with Crippen LogP contribution in [0.3, 0.4) is 0 Å². The molecule has 2 aromatic rings. The van der Waals surface area contributed by atoms with Crippen LogP contribution in [0.4, 0.5) is 5.69 Å². The zero-order valence-corrected chi connectivity index (χ0v) is 13.6. The summed E-state index contributed by atoms with van der Waals surface area (Å²) >= 11 is 7.42. The fourth-order valence-electron chi connectivity index (χ4n) is 2.83. The summed E-state index contributed by atoms with van der Waals surface area (Å²) < 4.78 is 0.997. The van der Waals surface area contributed by atoms with Crippen LogP contribution in [-0.2, 0) is 0 Å². The van der Waals surface area contributed by atoms with Crippen LogP contribution in [0.2, 0.25) is 5.02 Å². The van der Waals surface area contributed by atoms with E-state index in [-0.39, 0.29) is 5.91 Å². The highest BCUT2D eigenvalue weighted by molar-refractivity contribution is 7.21. The largest absolute Gasteiger partial charge is 0.397 e. The van der Waals surface area contributed by atoms with Crippen molar-refractivity contribution >= 4 is 44.6 Å². The second-order valence-corrected chi connectivity index (χ2v) is 7.41. The lowest BCUT2D eigenvalue weighted by Crippen LogP contribution is -2.30. The molecule has 0 saturated heterocycles. The van der Waals surface area contributed by atoms with E-state index in [2.05, 4.69) is 12.2 Å². The Morgan fingerprint density at radius 1 is 1.48 bits per heavy atom. The standard InChI is InChI=1S/C16H19ClN2OS/c1-2-5-16(6-7-16)9-19-15(20)14-13(18)11-8-10(17)3-4-12(11)21-14/h3-4,8H,2,5-7,9,18H2,1H3,(H,19,20). The molecule has 1 heterocycles. The summed E-state index contributed by atoms with van der Waals surface area (Å²) in [6.07, 6.45) is 4.79. The van der Waals surface area contributed by atoms with Crippen LogP contribution in [0, 0.1) is 5.41 Å². The first-order chi connectivity index (χ1) is 10.0. The molecule has 3 nitrogen and oxygen atoms in total. The molecule has 3 rings (SSSR count). The highest BCUT2D eigenvalue weighted by Crippen LogP contribution is 2.49. The predicted octanol–water partition coefficient (Wildman–Crippen LogP) is 4.45. The molecule has 1 aliphatic rings. The van der Waals surface area contributed by atoms with E-state index in [1.165, 1.54) is 37.0 Å². The number of hydrogen-bond donors (Lipinski definition) is 2. The summed E-state index contributed by atoms with van der Waals surface area (Å²) in [5, 5.41) is 4.57. The van der Waals surface area contributed by atoms with Crippen LogP contribution in [0.5, 0.6) is 0 Å². The molecule has 0 unspecified atom stereocenters. The van der Waals surface area contributed by atoms with E-state index in [0.717, 1.165) is 16.6 Å². The predicted molar refractivity (Wildman–Crippen MR) is 90.2 cm³/mol. The summed E-state index contributed by atoms with van der Waals surface area (Å²) in [5.41, 5.74) is 7.00. The molecular weight excluding hydrogens is 304 g/mol. The second kappa shape index (κ2) is 5.50. The van der Waals surface area contributed by atoms with Gasteiger partial charge in [-0.25, -0.2) is 0 Å². The van der Waals surface area contributed by atoms with E-state index in [1.54, 1.807) is 0 Å². The molecule has 1 fully saturated rings. The Morgan fingerprint density at radius 2 is 2.24 bits per heavy atom. The van der Waals surface area contributed by atoms with Crippen molar-refractivity contribution in [1.82, 2.24) is 5.32 Å². The molecule has 1 saturated carbocycles. The summed E-state index contributed by atoms with van der Waals surface area (Å²) in [6, 6.07) is 5.55. The van der Waals surface area contributed by atoms with Crippen molar-refractivity contribution in [1.29, 1.82) is 0 Å². The van der Waals surface area contributed by atoms with Gasteiger partial charge in [0, 0.05) is 21.7 Å². The minimum atomic E-state index is -0.0628. The van der Waals surface area contributed by atoms with Gasteiger partial charge in [0.1, 0.15) is 4.88 Å². The SMILES string of the molecule is CCCC1(CNC(=O)c2sc3ccc(Cl)cc3c2N)CC1. The Hall–Kier alpha value is -1.26. The molecular formula is C16H19ClN2OS. The molecule has 0 aliphatic heterocycles. The number of rotatable bonds is 5. The Bertz CT molecular complexity index is 691. The first-order valence-electron chi connectivity index (χ1n) is 7.30. The van der Waals surface area contributed by atoms with Gasteiger partial charge in [0.05, 0.1) is 5.69 Å². The van der Waals surface area contributed by atoms with Crippen LogP contribution >= 0.6 is 22.9 Å². The van der Waals surface area contributed by atoms with Gasteiger partial charge in [0.25, 0.3) is 5.91 Å². The quantitative estimate of drug-likeness (QED) is 0.854. The van der Waals surface area contributed by atoms with E-state index in [0.29, 0.717) is 21.0 Å². The maximum absolute atomic E-state index is 12.4. The first kappa shape index (κ1) is 14.7. The van der Waals surface area contributed by atoms with Crippen LogP contribution in [0.1, 0.15) is 42.3 Å². The molecule has 0 spiro atoms. The van der Waals surface area contributed by atoms with Crippen molar-refractivity contribution in [2.45, 2.75) is 32.6 Å². The molecule has 1 aliphatic carbocycles. The number of nitrogen functional groups attached to an aromatic ring is 1. The topological polar surface area (TPSA) is 55.1 Å². The van der Waals surface area contributed by atoms with E-state index in [1.807, 2.05) is 18.2 Å². The number of anilines is 1. The van der Waals surface area contributed by atoms with Gasteiger partial charge in [-0.3, -0.25) is 4.79 Å². The monoisotopic (exact) mass is 322 g/mol. The third-order valence-corrected chi connectivity index (χ3v) is 5.68. The Labute approximate surface area is 133 Å². The minimum Gasteiger partial charge on any atom is -0.397 e. The summed E-state index contributed by atoms with van der Waals surface area (Å²) in [6.45, 7) is 2.95. The maximum atomic E-state index is 12.4. The third kappa shape index (κ3) is 2.87. The molecule has 0 radical (unpaired) electrons. The van der Waals surface area contributed by atoms with Gasteiger partial charge in [0.15, 0.2) is 0 Å². The molecule has 3 N–H and O–H groups in total. The van der Waals surface area contributed by atoms with Gasteiger partial charge in [0.2, 0.25) is 0 Å². The number of carbonyl (C=O) groups is 1. The van der Waals surface area contributed by atoms with Crippen molar-refractivity contribution in [3.63, 3.8) is 0 Å². The molecule has 1 amide bonds. The van der Waals surface area contributed by atoms with Crippen molar-refractivity contribution < 1.29 is 4.79 Å². The average Bonchev–Trinajstić information content (AvgIpc) is 3.16. The molecule has 5 heteroatoms. The van der Waals surface area contributed by atoms with E-state index >= 15 is 0 Å². The third-order valence-electron chi connectivity index (χ3n) is 4.26. The number of carbonyl (C=O) groups excluding carboxylic acids is 1. The second-order valence-electron chi connectivity index (χ2n) is 5.92. The normalized spacial score (nSPS) is 16.1. The van der Waals surface area contributed by atoms with Crippen molar-refractivity contribution in [3.05, 3.63) is 28.1 Å². The lowest BCUT2D eigenvalue weighted by Gasteiger charge is -2.14. The molecule has 0 atom stereocenters. The van der Waals surface area contributed by atoms with Crippen molar-refractivity contribution in [2.75, 3.05) is 12.3 Å². The molecule has 1 aromatic heterocycles. The first-order valence-corrected chi connectivity index (χ1v) is 8.50. The fraction of sp³-hybridized carbons (Fsp3) is 0.438.